The quantitative estimate of drug-likeness (QED) is 0.442. The molecule has 0 saturated carbocycles. The van der Waals surface area contributed by atoms with Gasteiger partial charge in [0, 0.05) is 22.8 Å². The number of H-pyrrole nitrogens is 1. The number of benzene rings is 1. The SMILES string of the molecule is C#Cc1ccc(N)c2cc[nH]c12. The van der Waals surface area contributed by atoms with Crippen molar-refractivity contribution < 1.29 is 0 Å². The lowest BCUT2D eigenvalue weighted by Gasteiger charge is -1.97. The summed E-state index contributed by atoms with van der Waals surface area (Å²) < 4.78 is 0. The number of hydrogen-bond donors (Lipinski definition) is 2. The maximum absolute atomic E-state index is 5.74. The molecule has 1 heterocycles. The molecule has 0 fully saturated rings. The van der Waals surface area contributed by atoms with Gasteiger partial charge in [0.1, 0.15) is 0 Å². The minimum Gasteiger partial charge on any atom is -0.398 e. The van der Waals surface area contributed by atoms with Gasteiger partial charge in [-0.25, -0.2) is 0 Å². The fraction of sp³-hybridized carbons (Fsp3) is 0. The Hall–Kier alpha value is -1.88. The molecule has 2 rings (SSSR count). The van der Waals surface area contributed by atoms with Gasteiger partial charge in [-0.3, -0.25) is 0 Å². The molecule has 1 aromatic carbocycles. The fourth-order valence-corrected chi connectivity index (χ4v) is 1.30. The molecule has 0 aliphatic rings. The number of nitrogens with one attached hydrogen (secondary N) is 1. The molecule has 0 unspecified atom stereocenters. The summed E-state index contributed by atoms with van der Waals surface area (Å²) in [5, 5.41) is 0.991. The van der Waals surface area contributed by atoms with Gasteiger partial charge in [-0.2, -0.15) is 0 Å². The fourth-order valence-electron chi connectivity index (χ4n) is 1.30. The highest BCUT2D eigenvalue weighted by atomic mass is 14.7. The van der Waals surface area contributed by atoms with E-state index in [1.165, 1.54) is 0 Å². The van der Waals surface area contributed by atoms with Crippen molar-refractivity contribution in [2.45, 2.75) is 0 Å². The largest absolute Gasteiger partial charge is 0.398 e. The van der Waals surface area contributed by atoms with E-state index in [1.807, 2.05) is 24.4 Å². The molecular formula is C10H8N2. The molecule has 0 bridgehead atoms. The van der Waals surface area contributed by atoms with E-state index in [9.17, 15) is 0 Å². The van der Waals surface area contributed by atoms with Crippen molar-refractivity contribution >= 4 is 16.6 Å². The first-order valence-corrected chi connectivity index (χ1v) is 3.65. The van der Waals surface area contributed by atoms with Crippen molar-refractivity contribution in [2.75, 3.05) is 5.73 Å². The van der Waals surface area contributed by atoms with E-state index in [-0.39, 0.29) is 0 Å². The van der Waals surface area contributed by atoms with Crippen LogP contribution < -0.4 is 5.73 Å². The summed E-state index contributed by atoms with van der Waals surface area (Å²) in [6.07, 6.45) is 7.15. The van der Waals surface area contributed by atoms with Gasteiger partial charge >= 0.3 is 0 Å². The zero-order valence-electron chi connectivity index (χ0n) is 6.46. The molecule has 2 heteroatoms. The van der Waals surface area contributed by atoms with Crippen LogP contribution in [-0.2, 0) is 0 Å². The van der Waals surface area contributed by atoms with Gasteiger partial charge in [-0.05, 0) is 18.2 Å². The molecule has 0 saturated heterocycles. The molecule has 12 heavy (non-hydrogen) atoms. The Morgan fingerprint density at radius 1 is 1.33 bits per heavy atom. The van der Waals surface area contributed by atoms with Gasteiger partial charge < -0.3 is 10.7 Å². The van der Waals surface area contributed by atoms with Crippen LogP contribution in [0.1, 0.15) is 5.56 Å². The lowest BCUT2D eigenvalue weighted by molar-refractivity contribution is 1.47. The number of aromatic nitrogens is 1. The first-order valence-electron chi connectivity index (χ1n) is 3.65. The van der Waals surface area contributed by atoms with Crippen molar-refractivity contribution in [3.63, 3.8) is 0 Å². The molecular weight excluding hydrogens is 148 g/mol. The Labute approximate surface area is 70.4 Å². The number of nitrogens with two attached hydrogens (primary N) is 1. The average Bonchev–Trinajstić information content (AvgIpc) is 2.54. The Kier molecular flexibility index (Phi) is 1.31. The van der Waals surface area contributed by atoms with Crippen LogP contribution in [0.15, 0.2) is 24.4 Å². The third-order valence-corrected chi connectivity index (χ3v) is 1.91. The van der Waals surface area contributed by atoms with E-state index in [4.69, 9.17) is 12.2 Å². The summed E-state index contributed by atoms with van der Waals surface area (Å²) in [4.78, 5) is 3.06. The maximum atomic E-state index is 5.74. The van der Waals surface area contributed by atoms with Gasteiger partial charge in [0.15, 0.2) is 0 Å². The standard InChI is InChI=1S/C10H8N2/c1-2-7-3-4-9(11)8-5-6-12-10(7)8/h1,3-6,12H,11H2. The zero-order valence-corrected chi connectivity index (χ0v) is 6.46. The number of fused-ring (bicyclic) bond motifs is 1. The zero-order chi connectivity index (χ0) is 8.55. The summed E-state index contributed by atoms with van der Waals surface area (Å²) in [5.41, 5.74) is 8.28. The van der Waals surface area contributed by atoms with E-state index in [0.717, 1.165) is 22.2 Å². The van der Waals surface area contributed by atoms with Crippen LogP contribution in [0.3, 0.4) is 0 Å². The number of terminal acetylenes is 1. The van der Waals surface area contributed by atoms with Gasteiger partial charge in [-0.1, -0.05) is 5.92 Å². The summed E-state index contributed by atoms with van der Waals surface area (Å²) >= 11 is 0. The van der Waals surface area contributed by atoms with Gasteiger partial charge in [-0.15, -0.1) is 6.42 Å². The van der Waals surface area contributed by atoms with Gasteiger partial charge in [0.05, 0.1) is 5.52 Å². The smallest absolute Gasteiger partial charge is 0.0633 e. The molecule has 0 spiro atoms. The summed E-state index contributed by atoms with van der Waals surface area (Å²) in [6.45, 7) is 0. The summed E-state index contributed by atoms with van der Waals surface area (Å²) in [6, 6.07) is 5.59. The van der Waals surface area contributed by atoms with E-state index >= 15 is 0 Å². The minimum atomic E-state index is 0.755. The van der Waals surface area contributed by atoms with Crippen LogP contribution in [0.2, 0.25) is 0 Å². The number of rotatable bonds is 0. The van der Waals surface area contributed by atoms with Gasteiger partial charge in [0.25, 0.3) is 0 Å². The number of aromatic amines is 1. The van der Waals surface area contributed by atoms with Crippen LogP contribution >= 0.6 is 0 Å². The second-order valence-electron chi connectivity index (χ2n) is 2.61. The normalized spacial score (nSPS) is 9.92. The molecule has 0 atom stereocenters. The molecule has 1 aromatic heterocycles. The molecule has 3 N–H and O–H groups in total. The van der Waals surface area contributed by atoms with Crippen LogP contribution in [0.25, 0.3) is 10.9 Å². The molecule has 0 aliphatic carbocycles. The van der Waals surface area contributed by atoms with Crippen LogP contribution in [0.4, 0.5) is 5.69 Å². The molecule has 58 valence electrons. The highest BCUT2D eigenvalue weighted by molar-refractivity contribution is 5.94. The van der Waals surface area contributed by atoms with Crippen molar-refractivity contribution in [1.29, 1.82) is 0 Å². The third-order valence-electron chi connectivity index (χ3n) is 1.91. The van der Waals surface area contributed by atoms with Crippen molar-refractivity contribution in [3.8, 4) is 12.3 Å². The van der Waals surface area contributed by atoms with Crippen molar-refractivity contribution in [3.05, 3.63) is 30.0 Å². The Morgan fingerprint density at radius 3 is 2.92 bits per heavy atom. The topological polar surface area (TPSA) is 41.8 Å². The predicted octanol–water partition coefficient (Wildman–Crippen LogP) is 1.73. The number of anilines is 1. The highest BCUT2D eigenvalue weighted by Crippen LogP contribution is 2.22. The number of hydrogen-bond acceptors (Lipinski definition) is 1. The van der Waals surface area contributed by atoms with Crippen molar-refractivity contribution in [1.82, 2.24) is 4.98 Å². The van der Waals surface area contributed by atoms with E-state index < -0.39 is 0 Å². The first-order chi connectivity index (χ1) is 5.83. The number of nitrogen functional groups attached to an aromatic ring is 1. The average molecular weight is 156 g/mol. The second-order valence-corrected chi connectivity index (χ2v) is 2.61. The molecule has 2 nitrogen and oxygen atoms in total. The van der Waals surface area contributed by atoms with E-state index in [1.54, 1.807) is 0 Å². The van der Waals surface area contributed by atoms with Crippen LogP contribution in [-0.4, -0.2) is 4.98 Å². The first kappa shape index (κ1) is 6.81. The lowest BCUT2D eigenvalue weighted by atomic mass is 10.1. The van der Waals surface area contributed by atoms with Crippen LogP contribution in [0.5, 0.6) is 0 Å². The van der Waals surface area contributed by atoms with E-state index in [2.05, 4.69) is 10.9 Å². The Bertz CT molecular complexity index is 460. The predicted molar refractivity (Wildman–Crippen MR) is 50.6 cm³/mol. The molecule has 2 aromatic rings. The molecule has 0 aliphatic heterocycles. The van der Waals surface area contributed by atoms with Crippen LogP contribution in [0, 0.1) is 12.3 Å². The highest BCUT2D eigenvalue weighted by Gasteiger charge is 2.01. The lowest BCUT2D eigenvalue weighted by Crippen LogP contribution is -1.86. The molecule has 0 radical (unpaired) electrons. The van der Waals surface area contributed by atoms with E-state index in [0.29, 0.717) is 0 Å². The monoisotopic (exact) mass is 156 g/mol. The Balaban J connectivity index is 2.94. The Morgan fingerprint density at radius 2 is 2.17 bits per heavy atom. The minimum absolute atomic E-state index is 0.755. The molecule has 0 amide bonds. The maximum Gasteiger partial charge on any atom is 0.0633 e. The summed E-state index contributed by atoms with van der Waals surface area (Å²) in [5.74, 6) is 2.60. The van der Waals surface area contributed by atoms with Crippen molar-refractivity contribution in [2.24, 2.45) is 0 Å². The summed E-state index contributed by atoms with van der Waals surface area (Å²) in [7, 11) is 0. The second kappa shape index (κ2) is 2.31. The van der Waals surface area contributed by atoms with Gasteiger partial charge in [0.2, 0.25) is 0 Å². The third kappa shape index (κ3) is 0.770.